The van der Waals surface area contributed by atoms with E-state index in [-0.39, 0.29) is 11.7 Å². The highest BCUT2D eigenvalue weighted by molar-refractivity contribution is 5.94. The molecule has 0 fully saturated rings. The van der Waals surface area contributed by atoms with Gasteiger partial charge in [-0.3, -0.25) is 4.68 Å². The van der Waals surface area contributed by atoms with Crippen molar-refractivity contribution in [1.82, 2.24) is 9.78 Å². The summed E-state index contributed by atoms with van der Waals surface area (Å²) in [5.41, 5.74) is 6.34. The lowest BCUT2D eigenvalue weighted by molar-refractivity contribution is 0.0720. The fourth-order valence-electron chi connectivity index (χ4n) is 1.78. The minimum absolute atomic E-state index is 0.0192. The first-order chi connectivity index (χ1) is 9.52. The Labute approximate surface area is 117 Å². The molecule has 0 bridgehead atoms. The second-order valence-corrected chi connectivity index (χ2v) is 4.55. The van der Waals surface area contributed by atoms with E-state index >= 15 is 0 Å². The maximum atomic E-state index is 12.2. The van der Waals surface area contributed by atoms with Crippen molar-refractivity contribution in [2.75, 3.05) is 12.8 Å². The molecule has 2 N–H and O–H groups in total. The van der Waals surface area contributed by atoms with Crippen LogP contribution in [0.3, 0.4) is 0 Å². The Bertz CT molecular complexity index is 603. The van der Waals surface area contributed by atoms with Crippen LogP contribution in [0.4, 0.5) is 5.69 Å². The van der Waals surface area contributed by atoms with Gasteiger partial charge in [0.2, 0.25) is 0 Å². The number of benzene rings is 1. The molecule has 0 aliphatic rings. The van der Waals surface area contributed by atoms with Crippen molar-refractivity contribution in [2.45, 2.75) is 19.9 Å². The molecule has 0 aliphatic carbocycles. The first kappa shape index (κ1) is 13.9. The molecule has 106 valence electrons. The maximum Gasteiger partial charge on any atom is 0.364 e. The SMILES string of the molecule is COc1ccc(OC(=O)c2c(N)cnn2C(C)C)cc1. The number of nitrogens with zero attached hydrogens (tertiary/aromatic N) is 2. The van der Waals surface area contributed by atoms with Gasteiger partial charge >= 0.3 is 5.97 Å². The second-order valence-electron chi connectivity index (χ2n) is 4.55. The predicted octanol–water partition coefficient (Wildman–Crippen LogP) is 2.27. The first-order valence-electron chi connectivity index (χ1n) is 6.22. The number of methoxy groups -OCH3 is 1. The molecule has 0 saturated carbocycles. The summed E-state index contributed by atoms with van der Waals surface area (Å²) in [5, 5.41) is 4.08. The fraction of sp³-hybridized carbons (Fsp3) is 0.286. The van der Waals surface area contributed by atoms with Crippen LogP contribution < -0.4 is 15.2 Å². The topological polar surface area (TPSA) is 79.4 Å². The molecule has 1 aromatic carbocycles. The van der Waals surface area contributed by atoms with E-state index in [1.807, 2.05) is 13.8 Å². The quantitative estimate of drug-likeness (QED) is 0.684. The average molecular weight is 275 g/mol. The molecule has 0 unspecified atom stereocenters. The van der Waals surface area contributed by atoms with Gasteiger partial charge in [0.25, 0.3) is 0 Å². The van der Waals surface area contributed by atoms with Crippen LogP contribution in [-0.4, -0.2) is 22.9 Å². The molecule has 0 spiro atoms. The molecule has 1 aromatic heterocycles. The van der Waals surface area contributed by atoms with Crippen LogP contribution in [0.5, 0.6) is 11.5 Å². The number of hydrogen-bond acceptors (Lipinski definition) is 5. The molecule has 0 aliphatic heterocycles. The van der Waals surface area contributed by atoms with Crippen LogP contribution in [-0.2, 0) is 0 Å². The number of rotatable bonds is 4. The molecular formula is C14H17N3O3. The van der Waals surface area contributed by atoms with E-state index in [0.29, 0.717) is 17.2 Å². The number of carbonyl (C=O) groups is 1. The van der Waals surface area contributed by atoms with Gasteiger partial charge in [-0.25, -0.2) is 4.79 Å². The summed E-state index contributed by atoms with van der Waals surface area (Å²) < 4.78 is 11.9. The highest BCUT2D eigenvalue weighted by Gasteiger charge is 2.20. The minimum Gasteiger partial charge on any atom is -0.497 e. The predicted molar refractivity (Wildman–Crippen MR) is 75.0 cm³/mol. The molecule has 20 heavy (non-hydrogen) atoms. The number of anilines is 1. The number of nitrogens with two attached hydrogens (primary N) is 1. The maximum absolute atomic E-state index is 12.2. The van der Waals surface area contributed by atoms with Crippen molar-refractivity contribution in [3.8, 4) is 11.5 Å². The van der Waals surface area contributed by atoms with Gasteiger partial charge in [0.05, 0.1) is 19.0 Å². The molecule has 2 rings (SSSR count). The number of ether oxygens (including phenoxy) is 2. The Morgan fingerprint density at radius 3 is 2.40 bits per heavy atom. The second kappa shape index (κ2) is 5.64. The van der Waals surface area contributed by atoms with Crippen LogP contribution in [0, 0.1) is 0 Å². The Balaban J connectivity index is 2.21. The minimum atomic E-state index is -0.529. The van der Waals surface area contributed by atoms with Crippen LogP contribution in [0.15, 0.2) is 30.5 Å². The van der Waals surface area contributed by atoms with E-state index in [0.717, 1.165) is 0 Å². The van der Waals surface area contributed by atoms with E-state index < -0.39 is 5.97 Å². The molecule has 0 atom stereocenters. The van der Waals surface area contributed by atoms with Crippen molar-refractivity contribution >= 4 is 11.7 Å². The molecule has 6 heteroatoms. The lowest BCUT2D eigenvalue weighted by Gasteiger charge is -2.11. The normalized spacial score (nSPS) is 10.6. The van der Waals surface area contributed by atoms with Crippen molar-refractivity contribution in [2.24, 2.45) is 0 Å². The summed E-state index contributed by atoms with van der Waals surface area (Å²) in [6.07, 6.45) is 1.45. The molecule has 6 nitrogen and oxygen atoms in total. The summed E-state index contributed by atoms with van der Waals surface area (Å²) in [6.45, 7) is 3.83. The van der Waals surface area contributed by atoms with Crippen LogP contribution in [0.2, 0.25) is 0 Å². The van der Waals surface area contributed by atoms with Gasteiger partial charge in [0.1, 0.15) is 11.5 Å². The zero-order chi connectivity index (χ0) is 14.7. The van der Waals surface area contributed by atoms with Crippen LogP contribution in [0.25, 0.3) is 0 Å². The summed E-state index contributed by atoms with van der Waals surface area (Å²) in [7, 11) is 1.57. The van der Waals surface area contributed by atoms with E-state index in [9.17, 15) is 4.79 Å². The zero-order valence-electron chi connectivity index (χ0n) is 11.7. The van der Waals surface area contributed by atoms with Gasteiger partial charge < -0.3 is 15.2 Å². The Morgan fingerprint density at radius 2 is 1.85 bits per heavy atom. The third-order valence-corrected chi connectivity index (χ3v) is 2.78. The van der Waals surface area contributed by atoms with Gasteiger partial charge in [-0.15, -0.1) is 0 Å². The standard InChI is InChI=1S/C14H17N3O3/c1-9(2)17-13(12(15)8-16-17)14(18)20-11-6-4-10(19-3)5-7-11/h4-9H,15H2,1-3H3. The number of esters is 1. The largest absolute Gasteiger partial charge is 0.497 e. The summed E-state index contributed by atoms with van der Waals surface area (Å²) in [4.78, 5) is 12.2. The third kappa shape index (κ3) is 2.74. The van der Waals surface area contributed by atoms with Crippen molar-refractivity contribution < 1.29 is 14.3 Å². The lowest BCUT2D eigenvalue weighted by atomic mass is 10.3. The van der Waals surface area contributed by atoms with Crippen LogP contribution >= 0.6 is 0 Å². The highest BCUT2D eigenvalue weighted by atomic mass is 16.5. The molecule has 2 aromatic rings. The average Bonchev–Trinajstić information content (AvgIpc) is 2.81. The van der Waals surface area contributed by atoms with Crippen molar-refractivity contribution in [3.63, 3.8) is 0 Å². The third-order valence-electron chi connectivity index (χ3n) is 2.78. The highest BCUT2D eigenvalue weighted by Crippen LogP contribution is 2.21. The lowest BCUT2D eigenvalue weighted by Crippen LogP contribution is -2.18. The summed E-state index contributed by atoms with van der Waals surface area (Å²) in [5.74, 6) is 0.585. The number of hydrogen-bond donors (Lipinski definition) is 1. The van der Waals surface area contributed by atoms with Gasteiger partial charge in [-0.05, 0) is 38.1 Å². The summed E-state index contributed by atoms with van der Waals surface area (Å²) >= 11 is 0. The monoisotopic (exact) mass is 275 g/mol. The number of nitrogen functional groups attached to an aromatic ring is 1. The van der Waals surface area contributed by atoms with E-state index in [1.165, 1.54) is 6.20 Å². The molecular weight excluding hydrogens is 258 g/mol. The Morgan fingerprint density at radius 1 is 1.25 bits per heavy atom. The number of carbonyl (C=O) groups excluding carboxylic acids is 1. The number of aromatic nitrogens is 2. The van der Waals surface area contributed by atoms with Crippen LogP contribution in [0.1, 0.15) is 30.4 Å². The van der Waals surface area contributed by atoms with Gasteiger partial charge in [0.15, 0.2) is 5.69 Å². The smallest absolute Gasteiger partial charge is 0.364 e. The first-order valence-corrected chi connectivity index (χ1v) is 6.22. The van der Waals surface area contributed by atoms with E-state index in [4.69, 9.17) is 15.2 Å². The van der Waals surface area contributed by atoms with Crippen molar-refractivity contribution in [3.05, 3.63) is 36.2 Å². The Kier molecular flexibility index (Phi) is 3.93. The van der Waals surface area contributed by atoms with Gasteiger partial charge in [-0.1, -0.05) is 0 Å². The Hall–Kier alpha value is -2.50. The van der Waals surface area contributed by atoms with Gasteiger partial charge in [0, 0.05) is 6.04 Å². The fourth-order valence-corrected chi connectivity index (χ4v) is 1.78. The van der Waals surface area contributed by atoms with E-state index in [2.05, 4.69) is 5.10 Å². The molecule has 0 saturated heterocycles. The molecule has 1 heterocycles. The molecule has 0 amide bonds. The van der Waals surface area contributed by atoms with E-state index in [1.54, 1.807) is 36.1 Å². The zero-order valence-corrected chi connectivity index (χ0v) is 11.7. The summed E-state index contributed by atoms with van der Waals surface area (Å²) in [6, 6.07) is 6.76. The van der Waals surface area contributed by atoms with Gasteiger partial charge in [-0.2, -0.15) is 5.10 Å². The van der Waals surface area contributed by atoms with Crippen molar-refractivity contribution in [1.29, 1.82) is 0 Å². The molecule has 0 radical (unpaired) electrons.